The summed E-state index contributed by atoms with van der Waals surface area (Å²) in [5, 5.41) is 0. The number of aromatic nitrogens is 1. The molecule has 3 rings (SSSR count). The summed E-state index contributed by atoms with van der Waals surface area (Å²) < 4.78 is 14.0. The summed E-state index contributed by atoms with van der Waals surface area (Å²) in [7, 11) is 0. The Kier molecular flexibility index (Phi) is 5.54. The van der Waals surface area contributed by atoms with Crippen molar-refractivity contribution in [3.63, 3.8) is 0 Å². The molecule has 27 heavy (non-hydrogen) atoms. The molecule has 0 aliphatic carbocycles. The molecule has 142 valence electrons. The second-order valence-corrected chi connectivity index (χ2v) is 7.29. The van der Waals surface area contributed by atoms with Crippen LogP contribution in [0.1, 0.15) is 31.1 Å². The lowest BCUT2D eigenvalue weighted by Crippen LogP contribution is -2.58. The van der Waals surface area contributed by atoms with Crippen LogP contribution < -0.4 is 0 Å². The maximum atomic E-state index is 14.0. The Morgan fingerprint density at radius 2 is 2.07 bits per heavy atom. The van der Waals surface area contributed by atoms with Crippen molar-refractivity contribution in [3.05, 3.63) is 54.1 Å². The first kappa shape index (κ1) is 19.0. The van der Waals surface area contributed by atoms with Crippen LogP contribution in [0.5, 0.6) is 0 Å². The molecule has 5 nitrogen and oxygen atoms in total. The number of piperazine rings is 1. The summed E-state index contributed by atoms with van der Waals surface area (Å²) in [5.41, 5.74) is 1.45. The van der Waals surface area contributed by atoms with Crippen molar-refractivity contribution in [2.75, 3.05) is 19.6 Å². The molecule has 1 aliphatic heterocycles. The molecule has 6 heteroatoms. The minimum Gasteiger partial charge on any atom is -0.339 e. The monoisotopic (exact) mass is 369 g/mol. The van der Waals surface area contributed by atoms with E-state index in [1.165, 1.54) is 6.20 Å². The molecular weight excluding hydrogens is 345 g/mol. The van der Waals surface area contributed by atoms with E-state index in [9.17, 15) is 14.0 Å². The highest BCUT2D eigenvalue weighted by atomic mass is 19.1. The largest absolute Gasteiger partial charge is 0.339 e. The first-order chi connectivity index (χ1) is 12.9. The Morgan fingerprint density at radius 3 is 2.78 bits per heavy atom. The van der Waals surface area contributed by atoms with Gasteiger partial charge in [0.15, 0.2) is 0 Å². The lowest BCUT2D eigenvalue weighted by Gasteiger charge is -2.39. The fourth-order valence-corrected chi connectivity index (χ4v) is 3.42. The number of carbonyl (C=O) groups is 2. The Labute approximate surface area is 158 Å². The van der Waals surface area contributed by atoms with E-state index in [-0.39, 0.29) is 11.8 Å². The molecule has 2 heterocycles. The van der Waals surface area contributed by atoms with Gasteiger partial charge in [-0.25, -0.2) is 4.39 Å². The van der Waals surface area contributed by atoms with Crippen molar-refractivity contribution in [1.29, 1.82) is 0 Å². The predicted octanol–water partition coefficient (Wildman–Crippen LogP) is 3.22. The van der Waals surface area contributed by atoms with Gasteiger partial charge in [0.25, 0.3) is 5.91 Å². The van der Waals surface area contributed by atoms with Crippen molar-refractivity contribution < 1.29 is 14.0 Å². The Balaban J connectivity index is 1.82. The zero-order valence-corrected chi connectivity index (χ0v) is 15.9. The molecule has 0 unspecified atom stereocenters. The van der Waals surface area contributed by atoms with Crippen LogP contribution in [0.2, 0.25) is 0 Å². The van der Waals surface area contributed by atoms with Crippen LogP contribution >= 0.6 is 0 Å². The molecule has 1 aromatic carbocycles. The van der Waals surface area contributed by atoms with Crippen LogP contribution in [-0.4, -0.2) is 52.3 Å². The third-order valence-electron chi connectivity index (χ3n) is 4.79. The van der Waals surface area contributed by atoms with E-state index in [0.29, 0.717) is 42.2 Å². The van der Waals surface area contributed by atoms with Gasteiger partial charge in [0.05, 0.1) is 6.20 Å². The van der Waals surface area contributed by atoms with E-state index in [1.807, 2.05) is 4.90 Å². The molecule has 1 atom stereocenters. The summed E-state index contributed by atoms with van der Waals surface area (Å²) in [6, 6.07) is 7.91. The fourth-order valence-electron chi connectivity index (χ4n) is 3.42. The van der Waals surface area contributed by atoms with Crippen LogP contribution in [0.25, 0.3) is 11.1 Å². The summed E-state index contributed by atoms with van der Waals surface area (Å²) in [5.74, 6) is -0.292. The minimum atomic E-state index is -0.508. The highest BCUT2D eigenvalue weighted by Gasteiger charge is 2.34. The van der Waals surface area contributed by atoms with E-state index < -0.39 is 11.9 Å². The average molecular weight is 369 g/mol. The normalized spacial score (nSPS) is 17.5. The molecule has 1 saturated heterocycles. The first-order valence-electron chi connectivity index (χ1n) is 9.18. The maximum Gasteiger partial charge on any atom is 0.254 e. The molecule has 1 aliphatic rings. The van der Waals surface area contributed by atoms with Gasteiger partial charge in [-0.3, -0.25) is 14.6 Å². The number of rotatable bonds is 4. The minimum absolute atomic E-state index is 0.0281. The van der Waals surface area contributed by atoms with Crippen LogP contribution in [-0.2, 0) is 4.79 Å². The number of nitrogens with zero attached hydrogens (tertiary/aromatic N) is 3. The summed E-state index contributed by atoms with van der Waals surface area (Å²) in [6.45, 7) is 7.62. The van der Waals surface area contributed by atoms with Gasteiger partial charge in [-0.2, -0.15) is 0 Å². The number of carbonyl (C=O) groups excluding carboxylic acids is 2. The quantitative estimate of drug-likeness (QED) is 0.832. The summed E-state index contributed by atoms with van der Waals surface area (Å²) in [4.78, 5) is 32.8. The van der Waals surface area contributed by atoms with Crippen LogP contribution in [0.15, 0.2) is 42.7 Å². The molecule has 0 N–H and O–H groups in total. The van der Waals surface area contributed by atoms with Crippen molar-refractivity contribution in [2.24, 2.45) is 5.92 Å². The second-order valence-electron chi connectivity index (χ2n) is 7.29. The number of amides is 2. The molecule has 2 aromatic rings. The fraction of sp³-hybridized carbons (Fsp3) is 0.381. The topological polar surface area (TPSA) is 53.5 Å². The van der Waals surface area contributed by atoms with Gasteiger partial charge in [-0.1, -0.05) is 26.0 Å². The number of pyridine rings is 1. The molecular formula is C21H24FN3O2. The highest BCUT2D eigenvalue weighted by molar-refractivity contribution is 5.99. The lowest BCUT2D eigenvalue weighted by molar-refractivity contribution is -0.140. The third kappa shape index (κ3) is 3.99. The van der Waals surface area contributed by atoms with Crippen molar-refractivity contribution in [1.82, 2.24) is 14.8 Å². The molecule has 0 spiro atoms. The Hall–Kier alpha value is -2.76. The van der Waals surface area contributed by atoms with Gasteiger partial charge in [-0.15, -0.1) is 0 Å². The van der Waals surface area contributed by atoms with E-state index >= 15 is 0 Å². The van der Waals surface area contributed by atoms with Crippen molar-refractivity contribution in [2.45, 2.75) is 26.8 Å². The molecule has 0 radical (unpaired) electrons. The predicted molar refractivity (Wildman–Crippen MR) is 102 cm³/mol. The molecule has 1 aromatic heterocycles. The number of hydrogen-bond acceptors (Lipinski definition) is 3. The van der Waals surface area contributed by atoms with Gasteiger partial charge in [0.1, 0.15) is 11.9 Å². The van der Waals surface area contributed by atoms with E-state index in [2.05, 4.69) is 18.8 Å². The van der Waals surface area contributed by atoms with E-state index in [0.717, 1.165) is 6.20 Å². The van der Waals surface area contributed by atoms with Gasteiger partial charge >= 0.3 is 0 Å². The Bertz CT molecular complexity index is 853. The molecule has 2 amide bonds. The number of hydrogen-bond donors (Lipinski definition) is 0. The zero-order valence-electron chi connectivity index (χ0n) is 15.9. The number of benzene rings is 1. The summed E-state index contributed by atoms with van der Waals surface area (Å²) >= 11 is 0. The molecule has 1 fully saturated rings. The lowest BCUT2D eigenvalue weighted by atomic mass is 10.0. The van der Waals surface area contributed by atoms with Gasteiger partial charge in [0, 0.05) is 37.0 Å². The van der Waals surface area contributed by atoms with Gasteiger partial charge < -0.3 is 9.80 Å². The maximum absolute atomic E-state index is 14.0. The first-order valence-corrected chi connectivity index (χ1v) is 9.18. The Morgan fingerprint density at radius 1 is 1.30 bits per heavy atom. The number of halogens is 1. The second kappa shape index (κ2) is 7.86. The SMILES string of the molecule is CC(C)CN1CCN(C(=O)c2cccc(-c3ccncc3F)c2)[C@H](C)C1=O. The standard InChI is InChI=1S/C21H24FN3O2/c1-14(2)13-24-9-10-25(15(3)20(24)26)21(27)17-6-4-5-16(11-17)18-7-8-23-12-19(18)22/h4-8,11-12,14-15H,9-10,13H2,1-3H3/t15-/m1/s1. The van der Waals surface area contributed by atoms with E-state index in [1.54, 1.807) is 42.2 Å². The van der Waals surface area contributed by atoms with E-state index in [4.69, 9.17) is 0 Å². The molecule has 0 bridgehead atoms. The highest BCUT2D eigenvalue weighted by Crippen LogP contribution is 2.24. The zero-order chi connectivity index (χ0) is 19.6. The van der Waals surface area contributed by atoms with Crippen molar-refractivity contribution in [3.8, 4) is 11.1 Å². The average Bonchev–Trinajstić information content (AvgIpc) is 2.65. The van der Waals surface area contributed by atoms with Crippen LogP contribution in [0.4, 0.5) is 4.39 Å². The van der Waals surface area contributed by atoms with Crippen LogP contribution in [0, 0.1) is 11.7 Å². The molecule has 0 saturated carbocycles. The van der Waals surface area contributed by atoms with Gasteiger partial charge in [0.2, 0.25) is 5.91 Å². The summed E-state index contributed by atoms with van der Waals surface area (Å²) in [6.07, 6.45) is 2.67. The van der Waals surface area contributed by atoms with Crippen molar-refractivity contribution >= 4 is 11.8 Å². The van der Waals surface area contributed by atoms with Crippen LogP contribution in [0.3, 0.4) is 0 Å². The third-order valence-corrected chi connectivity index (χ3v) is 4.79. The smallest absolute Gasteiger partial charge is 0.254 e. The van der Waals surface area contributed by atoms with Gasteiger partial charge in [-0.05, 0) is 36.6 Å².